The molecule has 30 heavy (non-hydrogen) atoms. The van der Waals surface area contributed by atoms with Crippen LogP contribution in [0.25, 0.3) is 10.7 Å². The second kappa shape index (κ2) is 9.34. The molecule has 0 aliphatic carbocycles. The number of benzene rings is 2. The first-order valence-electron chi connectivity index (χ1n) is 9.15. The zero-order valence-electron chi connectivity index (χ0n) is 15.8. The van der Waals surface area contributed by atoms with Gasteiger partial charge < -0.3 is 0 Å². The lowest BCUT2D eigenvalue weighted by atomic mass is 10.2. The van der Waals surface area contributed by atoms with Crippen molar-refractivity contribution in [2.45, 2.75) is 16.6 Å². The molecule has 2 aromatic heterocycles. The number of halogens is 1. The summed E-state index contributed by atoms with van der Waals surface area (Å²) >= 11 is 8.86. The van der Waals surface area contributed by atoms with Gasteiger partial charge >= 0.3 is 0 Å². The van der Waals surface area contributed by atoms with Crippen LogP contribution in [0.1, 0.15) is 5.56 Å². The topological polar surface area (TPSA) is 64.8 Å². The van der Waals surface area contributed by atoms with E-state index in [1.54, 1.807) is 23.5 Å². The zero-order chi connectivity index (χ0) is 21.0. The van der Waals surface area contributed by atoms with E-state index >= 15 is 0 Å². The van der Waals surface area contributed by atoms with E-state index in [1.807, 2.05) is 40.3 Å². The van der Waals surface area contributed by atoms with Crippen molar-refractivity contribution in [3.05, 3.63) is 82.7 Å². The van der Waals surface area contributed by atoms with Gasteiger partial charge in [-0.25, -0.2) is 8.42 Å². The Morgan fingerprint density at radius 3 is 2.43 bits per heavy atom. The number of hydrogen-bond acceptors (Lipinski definition) is 6. The third kappa shape index (κ3) is 4.95. The van der Waals surface area contributed by atoms with Gasteiger partial charge in [0.25, 0.3) is 0 Å². The minimum absolute atomic E-state index is 0.00579. The lowest BCUT2D eigenvalue weighted by molar-refractivity contribution is 0.597. The first-order chi connectivity index (χ1) is 14.5. The van der Waals surface area contributed by atoms with Gasteiger partial charge in [-0.05, 0) is 41.3 Å². The van der Waals surface area contributed by atoms with E-state index in [1.165, 1.54) is 23.9 Å². The van der Waals surface area contributed by atoms with Crippen LogP contribution >= 0.6 is 34.7 Å². The molecular formula is C21H18ClN3O2S3. The van der Waals surface area contributed by atoms with E-state index in [0.29, 0.717) is 22.5 Å². The fraction of sp³-hybridized carbons (Fsp3) is 0.143. The largest absolute Gasteiger partial charge is 0.297 e. The molecule has 0 saturated heterocycles. The van der Waals surface area contributed by atoms with Gasteiger partial charge in [0.2, 0.25) is 0 Å². The number of sulfone groups is 1. The smallest absolute Gasteiger partial charge is 0.191 e. The minimum atomic E-state index is -3.39. The van der Waals surface area contributed by atoms with Crippen molar-refractivity contribution in [1.29, 1.82) is 0 Å². The number of thiophene rings is 1. The number of hydrogen-bond donors (Lipinski definition) is 0. The number of rotatable bonds is 8. The molecule has 0 atom stereocenters. The Morgan fingerprint density at radius 2 is 1.73 bits per heavy atom. The van der Waals surface area contributed by atoms with Gasteiger partial charge in [-0.2, -0.15) is 0 Å². The van der Waals surface area contributed by atoms with Crippen LogP contribution in [0.15, 0.2) is 82.2 Å². The van der Waals surface area contributed by atoms with Crippen LogP contribution in [-0.2, 0) is 16.4 Å². The molecule has 0 aliphatic rings. The molecule has 2 aromatic carbocycles. The maximum atomic E-state index is 12.6. The number of thioether (sulfide) groups is 1. The normalized spacial score (nSPS) is 11.6. The van der Waals surface area contributed by atoms with Gasteiger partial charge in [-0.1, -0.05) is 59.8 Å². The van der Waals surface area contributed by atoms with Crippen LogP contribution in [0, 0.1) is 0 Å². The third-order valence-electron chi connectivity index (χ3n) is 4.40. The van der Waals surface area contributed by atoms with Gasteiger partial charge in [0.15, 0.2) is 20.8 Å². The molecule has 0 fully saturated rings. The quantitative estimate of drug-likeness (QED) is 0.324. The molecule has 154 valence electrons. The van der Waals surface area contributed by atoms with E-state index in [0.717, 1.165) is 16.3 Å². The maximum absolute atomic E-state index is 12.6. The van der Waals surface area contributed by atoms with Crippen molar-refractivity contribution in [2.75, 3.05) is 11.5 Å². The van der Waals surface area contributed by atoms with Crippen LogP contribution in [0.4, 0.5) is 0 Å². The van der Waals surface area contributed by atoms with Crippen LogP contribution in [0.3, 0.4) is 0 Å². The molecule has 0 N–H and O–H groups in total. The number of aromatic nitrogens is 3. The van der Waals surface area contributed by atoms with Crippen molar-refractivity contribution < 1.29 is 8.42 Å². The minimum Gasteiger partial charge on any atom is -0.297 e. The zero-order valence-corrected chi connectivity index (χ0v) is 19.0. The van der Waals surface area contributed by atoms with Crippen LogP contribution < -0.4 is 0 Å². The summed E-state index contributed by atoms with van der Waals surface area (Å²) in [7, 11) is -3.39. The van der Waals surface area contributed by atoms with Gasteiger partial charge in [-0.3, -0.25) is 4.57 Å². The van der Waals surface area contributed by atoms with Gasteiger partial charge in [-0.15, -0.1) is 21.5 Å². The first-order valence-corrected chi connectivity index (χ1v) is 13.0. The predicted molar refractivity (Wildman–Crippen MR) is 123 cm³/mol. The van der Waals surface area contributed by atoms with E-state index < -0.39 is 9.84 Å². The highest BCUT2D eigenvalue weighted by molar-refractivity contribution is 8.00. The van der Waals surface area contributed by atoms with Crippen molar-refractivity contribution in [2.24, 2.45) is 0 Å². The summed E-state index contributed by atoms with van der Waals surface area (Å²) in [5.74, 6) is 1.17. The summed E-state index contributed by atoms with van der Waals surface area (Å²) in [4.78, 5) is 1.30. The lowest BCUT2D eigenvalue weighted by Gasteiger charge is -2.10. The molecule has 0 unspecified atom stereocenters. The Hall–Kier alpha value is -2.13. The second-order valence-corrected chi connectivity index (χ2v) is 11.0. The fourth-order valence-corrected chi connectivity index (χ4v) is 6.32. The molecule has 0 aliphatic heterocycles. The second-order valence-electron chi connectivity index (χ2n) is 6.48. The number of nitrogens with zero attached hydrogens (tertiary/aromatic N) is 3. The van der Waals surface area contributed by atoms with Crippen LogP contribution in [0.2, 0.25) is 5.02 Å². The van der Waals surface area contributed by atoms with E-state index in [9.17, 15) is 8.42 Å². The van der Waals surface area contributed by atoms with Crippen molar-refractivity contribution in [1.82, 2.24) is 14.8 Å². The van der Waals surface area contributed by atoms with Crippen molar-refractivity contribution >= 4 is 44.5 Å². The maximum Gasteiger partial charge on any atom is 0.191 e. The predicted octanol–water partition coefficient (Wildman–Crippen LogP) is 5.27. The summed E-state index contributed by atoms with van der Waals surface area (Å²) in [5.41, 5.74) is 1.13. The SMILES string of the molecule is O=S(=O)(CCSc1nnc(-c2cccs2)n1Cc1ccccc1)c1ccc(Cl)cc1. The highest BCUT2D eigenvalue weighted by Gasteiger charge is 2.18. The molecule has 5 nitrogen and oxygen atoms in total. The highest BCUT2D eigenvalue weighted by Crippen LogP contribution is 2.28. The van der Waals surface area contributed by atoms with E-state index in [2.05, 4.69) is 22.3 Å². The Kier molecular flexibility index (Phi) is 6.58. The molecule has 0 spiro atoms. The first kappa shape index (κ1) is 21.1. The van der Waals surface area contributed by atoms with Gasteiger partial charge in [0.1, 0.15) is 0 Å². The monoisotopic (exact) mass is 475 g/mol. The molecular weight excluding hydrogens is 458 g/mol. The summed E-state index contributed by atoms with van der Waals surface area (Å²) in [6.45, 7) is 0.618. The Labute approximate surface area is 188 Å². The molecule has 0 bridgehead atoms. The lowest BCUT2D eigenvalue weighted by Crippen LogP contribution is -2.10. The van der Waals surface area contributed by atoms with E-state index in [4.69, 9.17) is 11.6 Å². The van der Waals surface area contributed by atoms with Gasteiger partial charge in [0.05, 0.1) is 22.1 Å². The molecule has 4 rings (SSSR count). The Morgan fingerprint density at radius 1 is 0.967 bits per heavy atom. The molecule has 0 saturated carbocycles. The average Bonchev–Trinajstić information content (AvgIpc) is 3.39. The van der Waals surface area contributed by atoms with Crippen LogP contribution in [-0.4, -0.2) is 34.7 Å². The summed E-state index contributed by atoms with van der Waals surface area (Å²) in [6, 6.07) is 20.3. The third-order valence-corrected chi connectivity index (χ3v) is 8.47. The highest BCUT2D eigenvalue weighted by atomic mass is 35.5. The molecule has 0 amide bonds. The standard InChI is InChI=1S/C21H18ClN3O2S3/c22-17-8-10-18(11-9-17)30(26,27)14-13-29-21-24-23-20(19-7-4-12-28-19)25(21)15-16-5-2-1-3-6-16/h1-12H,13-15H2. The molecule has 9 heteroatoms. The fourth-order valence-electron chi connectivity index (χ4n) is 2.89. The van der Waals surface area contributed by atoms with Crippen molar-refractivity contribution in [3.8, 4) is 10.7 Å². The summed E-state index contributed by atoms with van der Waals surface area (Å²) in [6.07, 6.45) is 0. The molecule has 2 heterocycles. The van der Waals surface area contributed by atoms with Crippen LogP contribution in [0.5, 0.6) is 0 Å². The van der Waals surface area contributed by atoms with E-state index in [-0.39, 0.29) is 10.6 Å². The molecule has 4 aromatic rings. The summed E-state index contributed by atoms with van der Waals surface area (Å²) < 4.78 is 27.3. The average molecular weight is 476 g/mol. The summed E-state index contributed by atoms with van der Waals surface area (Å²) in [5, 5.41) is 11.9. The van der Waals surface area contributed by atoms with Gasteiger partial charge in [0, 0.05) is 10.8 Å². The van der Waals surface area contributed by atoms with Crippen molar-refractivity contribution in [3.63, 3.8) is 0 Å². The Bertz CT molecular complexity index is 1210. The Balaban J connectivity index is 1.53. The molecule has 0 radical (unpaired) electrons.